The zero-order valence-corrected chi connectivity index (χ0v) is 14.1. The maximum absolute atomic E-state index is 10.4. The van der Waals surface area contributed by atoms with Crippen molar-refractivity contribution in [3.05, 3.63) is 35.4 Å². The minimum atomic E-state index is -2.20. The average Bonchev–Trinajstić information content (AvgIpc) is 2.06. The van der Waals surface area contributed by atoms with Crippen molar-refractivity contribution in [2.24, 2.45) is 0 Å². The van der Waals surface area contributed by atoms with E-state index in [9.17, 15) is 18.7 Å². The van der Waals surface area contributed by atoms with Crippen molar-refractivity contribution >= 4 is 17.0 Å². The van der Waals surface area contributed by atoms with Crippen LogP contribution < -0.4 is 64.2 Å². The molecule has 0 aliphatic heterocycles. The number of rotatable bonds is 4. The third kappa shape index (κ3) is 7.19. The molecule has 1 rings (SSSR count). The number of aliphatic carboxylic acids is 1. The fourth-order valence-electron chi connectivity index (χ4n) is 1.15. The van der Waals surface area contributed by atoms with E-state index in [0.717, 1.165) is 0 Å². The zero-order chi connectivity index (χ0) is 10.6. The van der Waals surface area contributed by atoms with Gasteiger partial charge in [0.2, 0.25) is 0 Å². The topological polar surface area (TPSA) is 80.3 Å². The first-order valence-electron chi connectivity index (χ1n) is 3.92. The molecule has 0 aromatic heterocycles. The van der Waals surface area contributed by atoms with Crippen LogP contribution >= 0.6 is 0 Å². The van der Waals surface area contributed by atoms with Gasteiger partial charge >= 0.3 is 59.1 Å². The minimum Gasteiger partial charge on any atom is -0.772 e. The molecule has 16 heavy (non-hydrogen) atoms. The summed E-state index contributed by atoms with van der Waals surface area (Å²) >= 11 is -2.20. The fraction of sp³-hybridized carbons (Fsp3) is 0.222. The van der Waals surface area contributed by atoms with Gasteiger partial charge in [-0.25, -0.2) is 0 Å². The number of carboxylic acids is 1. The molecule has 0 bridgehead atoms. The molecule has 1 atom stereocenters. The van der Waals surface area contributed by atoms with Gasteiger partial charge in [-0.3, -0.25) is 4.21 Å². The Balaban J connectivity index is 0. The predicted molar refractivity (Wildman–Crippen MR) is 47.8 cm³/mol. The van der Waals surface area contributed by atoms with Gasteiger partial charge in [0.25, 0.3) is 0 Å². The molecular formula is C9H8Na2O4S. The van der Waals surface area contributed by atoms with Crippen molar-refractivity contribution in [2.75, 3.05) is 0 Å². The summed E-state index contributed by atoms with van der Waals surface area (Å²) in [5.41, 5.74) is 0.988. The minimum absolute atomic E-state index is 0. The monoisotopic (exact) mass is 258 g/mol. The number of hydrogen-bond acceptors (Lipinski definition) is 4. The summed E-state index contributed by atoms with van der Waals surface area (Å²) in [6.07, 6.45) is -0.257. The Labute approximate surface area is 141 Å². The summed E-state index contributed by atoms with van der Waals surface area (Å²) in [6.45, 7) is 0. The molecule has 0 amide bonds. The van der Waals surface area contributed by atoms with E-state index in [4.69, 9.17) is 0 Å². The molecule has 0 fully saturated rings. The van der Waals surface area contributed by atoms with Crippen molar-refractivity contribution in [3.63, 3.8) is 0 Å². The smallest absolute Gasteiger partial charge is 0.772 e. The third-order valence-electron chi connectivity index (χ3n) is 1.73. The standard InChI is InChI=1S/C9H10O4S.2Na/c10-9(11)5-7-3-1-2-4-8(7)6-14(12)13;;/h1-4H,5-6H2,(H,10,11)(H,12,13);;/q;2*+1/p-2. The first kappa shape index (κ1) is 19.1. The molecule has 4 nitrogen and oxygen atoms in total. The van der Waals surface area contributed by atoms with Crippen LogP contribution in [0.3, 0.4) is 0 Å². The summed E-state index contributed by atoms with van der Waals surface area (Å²) in [5.74, 6) is -1.38. The van der Waals surface area contributed by atoms with Gasteiger partial charge in [-0.15, -0.1) is 0 Å². The van der Waals surface area contributed by atoms with Crippen molar-refractivity contribution in [1.29, 1.82) is 0 Å². The SMILES string of the molecule is O=C([O-])Cc1ccccc1CS(=O)[O-].[Na+].[Na+]. The second kappa shape index (κ2) is 9.79. The fourth-order valence-corrected chi connectivity index (χ4v) is 1.69. The van der Waals surface area contributed by atoms with Crippen LogP contribution in [0.1, 0.15) is 11.1 Å². The van der Waals surface area contributed by atoms with E-state index in [-0.39, 0.29) is 71.3 Å². The van der Waals surface area contributed by atoms with Gasteiger partial charge in [0.1, 0.15) is 0 Å². The molecule has 0 heterocycles. The number of carboxylic acid groups (broad SMARTS) is 1. The normalized spacial score (nSPS) is 10.8. The molecule has 0 N–H and O–H groups in total. The maximum atomic E-state index is 10.4. The van der Waals surface area contributed by atoms with Gasteiger partial charge in [-0.2, -0.15) is 0 Å². The van der Waals surface area contributed by atoms with Crippen LogP contribution in [0.5, 0.6) is 0 Å². The van der Waals surface area contributed by atoms with Crippen molar-refractivity contribution in [3.8, 4) is 0 Å². The van der Waals surface area contributed by atoms with Crippen LogP contribution in [-0.4, -0.2) is 14.7 Å². The Hall–Kier alpha value is 0.800. The van der Waals surface area contributed by atoms with E-state index in [2.05, 4.69) is 0 Å². The van der Waals surface area contributed by atoms with Gasteiger partial charge in [0.15, 0.2) is 0 Å². The Kier molecular flexibility index (Phi) is 11.7. The van der Waals surface area contributed by atoms with Crippen molar-refractivity contribution in [1.82, 2.24) is 0 Å². The molecular weight excluding hydrogens is 250 g/mol. The van der Waals surface area contributed by atoms with Gasteiger partial charge in [0.05, 0.1) is 0 Å². The molecule has 0 spiro atoms. The molecule has 0 aliphatic carbocycles. The Morgan fingerprint density at radius 1 is 1.19 bits per heavy atom. The van der Waals surface area contributed by atoms with Crippen molar-refractivity contribution in [2.45, 2.75) is 12.2 Å². The van der Waals surface area contributed by atoms with Gasteiger partial charge < -0.3 is 14.5 Å². The molecule has 76 valence electrons. The summed E-state index contributed by atoms with van der Waals surface area (Å²) in [7, 11) is 0. The van der Waals surface area contributed by atoms with Gasteiger partial charge in [-0.05, 0) is 11.1 Å². The van der Waals surface area contributed by atoms with E-state index in [0.29, 0.717) is 11.1 Å². The number of carbonyl (C=O) groups is 1. The second-order valence-corrected chi connectivity index (χ2v) is 3.66. The maximum Gasteiger partial charge on any atom is 1.00 e. The molecule has 0 saturated heterocycles. The van der Waals surface area contributed by atoms with Crippen LogP contribution in [0.2, 0.25) is 0 Å². The van der Waals surface area contributed by atoms with Crippen LogP contribution in [0.4, 0.5) is 0 Å². The second-order valence-electron chi connectivity index (χ2n) is 2.77. The van der Waals surface area contributed by atoms with E-state index in [1.165, 1.54) is 0 Å². The molecule has 0 radical (unpaired) electrons. The van der Waals surface area contributed by atoms with Crippen LogP contribution in [0, 0.1) is 0 Å². The third-order valence-corrected chi connectivity index (χ3v) is 2.27. The van der Waals surface area contributed by atoms with E-state index in [1.54, 1.807) is 24.3 Å². The van der Waals surface area contributed by atoms with Crippen molar-refractivity contribution < 1.29 is 77.8 Å². The Bertz CT molecular complexity index is 335. The first-order chi connectivity index (χ1) is 6.59. The van der Waals surface area contributed by atoms with Gasteiger partial charge in [-0.1, -0.05) is 35.3 Å². The predicted octanol–water partition coefficient (Wildman–Crippen LogP) is -6.63. The average molecular weight is 258 g/mol. The van der Waals surface area contributed by atoms with E-state index in [1.807, 2.05) is 0 Å². The number of benzene rings is 1. The van der Waals surface area contributed by atoms with E-state index >= 15 is 0 Å². The van der Waals surface area contributed by atoms with Gasteiger partial charge in [0, 0.05) is 18.1 Å². The van der Waals surface area contributed by atoms with E-state index < -0.39 is 17.0 Å². The van der Waals surface area contributed by atoms with Crippen LogP contribution in [0.25, 0.3) is 0 Å². The Morgan fingerprint density at radius 2 is 1.69 bits per heavy atom. The van der Waals surface area contributed by atoms with Crippen LogP contribution in [-0.2, 0) is 28.0 Å². The molecule has 1 aromatic carbocycles. The summed E-state index contributed by atoms with van der Waals surface area (Å²) in [6, 6.07) is 6.50. The number of hydrogen-bond donors (Lipinski definition) is 0. The molecule has 1 aromatic rings. The molecule has 0 aliphatic rings. The van der Waals surface area contributed by atoms with Crippen LogP contribution in [0.15, 0.2) is 24.3 Å². The zero-order valence-electron chi connectivity index (χ0n) is 9.26. The molecule has 1 unspecified atom stereocenters. The summed E-state index contributed by atoms with van der Waals surface area (Å²) < 4.78 is 20.9. The molecule has 7 heteroatoms. The Morgan fingerprint density at radius 3 is 2.12 bits per heavy atom. The largest absolute Gasteiger partial charge is 1.00 e. The summed E-state index contributed by atoms with van der Waals surface area (Å²) in [4.78, 5) is 10.3. The summed E-state index contributed by atoms with van der Waals surface area (Å²) in [5, 5.41) is 10.3. The first-order valence-corrected chi connectivity index (χ1v) is 5.16. The quantitative estimate of drug-likeness (QED) is 0.397. The number of carbonyl (C=O) groups excluding carboxylic acids is 1. The molecule has 0 saturated carbocycles.